The predicted molar refractivity (Wildman–Crippen MR) is 72.0 cm³/mol. The fourth-order valence-electron chi connectivity index (χ4n) is 2.26. The number of allylic oxidation sites excluding steroid dienone is 1. The second-order valence-corrected chi connectivity index (χ2v) is 4.69. The lowest BCUT2D eigenvalue weighted by atomic mass is 10.0. The highest BCUT2D eigenvalue weighted by atomic mass is 16.4. The molecule has 2 N–H and O–H groups in total. The Balaban J connectivity index is 1.98. The molecular weight excluding hydrogens is 242 g/mol. The molecule has 100 valence electrons. The number of carbonyl (C=O) groups is 2. The van der Waals surface area contributed by atoms with Crippen LogP contribution in [0.4, 0.5) is 0 Å². The number of carbonyl (C=O) groups excluding carboxylic acids is 1. The van der Waals surface area contributed by atoms with Crippen LogP contribution in [0.15, 0.2) is 36.4 Å². The predicted octanol–water partition coefficient (Wildman–Crippen LogP) is 2.15. The van der Waals surface area contributed by atoms with E-state index >= 15 is 0 Å². The maximum atomic E-state index is 11.9. The van der Waals surface area contributed by atoms with Crippen molar-refractivity contribution in [1.29, 1.82) is 0 Å². The highest BCUT2D eigenvalue weighted by Crippen LogP contribution is 2.12. The van der Waals surface area contributed by atoms with E-state index in [1.807, 2.05) is 0 Å². The zero-order chi connectivity index (χ0) is 13.7. The maximum Gasteiger partial charge on any atom is 0.335 e. The molecule has 1 aromatic carbocycles. The Kier molecular flexibility index (Phi) is 4.34. The topological polar surface area (TPSA) is 66.4 Å². The molecule has 2 rings (SSSR count). The van der Waals surface area contributed by atoms with Crippen molar-refractivity contribution in [3.05, 3.63) is 47.5 Å². The molecule has 1 aliphatic carbocycles. The van der Waals surface area contributed by atoms with Crippen LogP contribution in [0.1, 0.15) is 35.2 Å². The summed E-state index contributed by atoms with van der Waals surface area (Å²) in [6, 6.07) is 6.79. The molecule has 0 fully saturated rings. The summed E-state index contributed by atoms with van der Waals surface area (Å²) in [6.07, 6.45) is 7.08. The van der Waals surface area contributed by atoms with Gasteiger partial charge in [-0.15, -0.1) is 0 Å². The van der Waals surface area contributed by atoms with E-state index in [-0.39, 0.29) is 23.9 Å². The van der Waals surface area contributed by atoms with Crippen LogP contribution in [-0.4, -0.2) is 23.0 Å². The molecule has 0 radical (unpaired) electrons. The maximum absolute atomic E-state index is 11.9. The van der Waals surface area contributed by atoms with E-state index in [2.05, 4.69) is 17.5 Å². The fraction of sp³-hybridized carbons (Fsp3) is 0.333. The summed E-state index contributed by atoms with van der Waals surface area (Å²) in [4.78, 5) is 23.0. The minimum Gasteiger partial charge on any atom is -0.478 e. The van der Waals surface area contributed by atoms with Gasteiger partial charge in [-0.1, -0.05) is 30.4 Å². The molecule has 1 aliphatic rings. The van der Waals surface area contributed by atoms with Crippen molar-refractivity contribution in [3.8, 4) is 0 Å². The van der Waals surface area contributed by atoms with Crippen molar-refractivity contribution in [1.82, 2.24) is 5.32 Å². The van der Waals surface area contributed by atoms with Crippen LogP contribution in [0, 0.1) is 0 Å². The first-order chi connectivity index (χ1) is 9.16. The van der Waals surface area contributed by atoms with Crippen molar-refractivity contribution in [2.75, 3.05) is 0 Å². The lowest BCUT2D eigenvalue weighted by Gasteiger charge is -2.19. The third-order valence-electron chi connectivity index (χ3n) is 3.23. The number of hydrogen-bond donors (Lipinski definition) is 2. The largest absolute Gasteiger partial charge is 0.478 e. The van der Waals surface area contributed by atoms with Gasteiger partial charge in [0.1, 0.15) is 0 Å². The number of hydrogen-bond acceptors (Lipinski definition) is 2. The van der Waals surface area contributed by atoms with Crippen LogP contribution >= 0.6 is 0 Å². The average Bonchev–Trinajstić information content (AvgIpc) is 2.40. The number of aromatic carboxylic acids is 1. The summed E-state index contributed by atoms with van der Waals surface area (Å²) in [5, 5.41) is 12.0. The zero-order valence-corrected chi connectivity index (χ0v) is 10.6. The van der Waals surface area contributed by atoms with Crippen molar-refractivity contribution in [3.63, 3.8) is 0 Å². The Bertz CT molecular complexity index is 508. The van der Waals surface area contributed by atoms with Gasteiger partial charge in [0.05, 0.1) is 12.0 Å². The normalized spacial score (nSPS) is 18.0. The van der Waals surface area contributed by atoms with Gasteiger partial charge in [-0.3, -0.25) is 4.79 Å². The Morgan fingerprint density at radius 1 is 1.26 bits per heavy atom. The summed E-state index contributed by atoms with van der Waals surface area (Å²) in [5.74, 6) is -1.11. The third-order valence-corrected chi connectivity index (χ3v) is 3.23. The van der Waals surface area contributed by atoms with Crippen LogP contribution in [0.3, 0.4) is 0 Å². The van der Waals surface area contributed by atoms with Gasteiger partial charge in [0.2, 0.25) is 5.91 Å². The number of carboxylic acids is 1. The van der Waals surface area contributed by atoms with E-state index in [4.69, 9.17) is 5.11 Å². The number of benzene rings is 1. The minimum absolute atomic E-state index is 0.114. The van der Waals surface area contributed by atoms with Gasteiger partial charge in [0, 0.05) is 6.04 Å². The molecule has 0 aliphatic heterocycles. The third kappa shape index (κ3) is 3.68. The van der Waals surface area contributed by atoms with Gasteiger partial charge in [-0.05, 0) is 30.9 Å². The molecular formula is C15H17NO3. The molecule has 1 atom stereocenters. The quantitative estimate of drug-likeness (QED) is 0.814. The van der Waals surface area contributed by atoms with Gasteiger partial charge in [-0.25, -0.2) is 4.79 Å². The van der Waals surface area contributed by atoms with Gasteiger partial charge < -0.3 is 10.4 Å². The minimum atomic E-state index is -0.996. The monoisotopic (exact) mass is 259 g/mol. The van der Waals surface area contributed by atoms with Crippen molar-refractivity contribution >= 4 is 11.9 Å². The lowest BCUT2D eigenvalue weighted by Crippen LogP contribution is -2.36. The van der Waals surface area contributed by atoms with Gasteiger partial charge in [0.25, 0.3) is 0 Å². The second kappa shape index (κ2) is 6.18. The standard InChI is InChI=1S/C15H17NO3/c17-14(16-12-7-2-1-3-8-12)10-11-6-4-5-9-13(11)15(18)19/h1-2,4-6,9,12H,3,7-8,10H2,(H,16,17)(H,18,19). The average molecular weight is 259 g/mol. The zero-order valence-electron chi connectivity index (χ0n) is 10.6. The second-order valence-electron chi connectivity index (χ2n) is 4.69. The van der Waals surface area contributed by atoms with Gasteiger partial charge in [0.15, 0.2) is 0 Å². The Morgan fingerprint density at radius 2 is 2.05 bits per heavy atom. The smallest absolute Gasteiger partial charge is 0.335 e. The van der Waals surface area contributed by atoms with E-state index < -0.39 is 5.97 Å². The summed E-state index contributed by atoms with van der Waals surface area (Å²) in [7, 11) is 0. The molecule has 0 bridgehead atoms. The van der Waals surface area contributed by atoms with Crippen LogP contribution in [0.2, 0.25) is 0 Å². The number of carboxylic acid groups (broad SMARTS) is 1. The molecule has 1 unspecified atom stereocenters. The summed E-state index contributed by atoms with van der Waals surface area (Å²) in [6.45, 7) is 0. The highest BCUT2D eigenvalue weighted by molar-refractivity contribution is 5.91. The molecule has 4 heteroatoms. The number of rotatable bonds is 4. The SMILES string of the molecule is O=C(Cc1ccccc1C(=O)O)NC1CC=CCC1. The van der Waals surface area contributed by atoms with Crippen LogP contribution in [0.25, 0.3) is 0 Å². The molecule has 0 saturated carbocycles. The molecule has 0 saturated heterocycles. The summed E-state index contributed by atoms with van der Waals surface area (Å²) < 4.78 is 0. The van der Waals surface area contributed by atoms with Crippen molar-refractivity contribution in [2.24, 2.45) is 0 Å². The molecule has 0 spiro atoms. The first-order valence-corrected chi connectivity index (χ1v) is 6.42. The van der Waals surface area contributed by atoms with Crippen LogP contribution < -0.4 is 5.32 Å². The van der Waals surface area contributed by atoms with Crippen molar-refractivity contribution < 1.29 is 14.7 Å². The van der Waals surface area contributed by atoms with Gasteiger partial charge in [-0.2, -0.15) is 0 Å². The Hall–Kier alpha value is -2.10. The number of amides is 1. The molecule has 1 amide bonds. The van der Waals surface area contributed by atoms with E-state index in [9.17, 15) is 9.59 Å². The molecule has 4 nitrogen and oxygen atoms in total. The van der Waals surface area contributed by atoms with E-state index in [0.29, 0.717) is 5.56 Å². The Labute approximate surface area is 112 Å². The van der Waals surface area contributed by atoms with Crippen LogP contribution in [-0.2, 0) is 11.2 Å². The van der Waals surface area contributed by atoms with E-state index in [0.717, 1.165) is 19.3 Å². The van der Waals surface area contributed by atoms with Crippen molar-refractivity contribution in [2.45, 2.75) is 31.7 Å². The van der Waals surface area contributed by atoms with Crippen LogP contribution in [0.5, 0.6) is 0 Å². The molecule has 1 aromatic rings. The van der Waals surface area contributed by atoms with E-state index in [1.54, 1.807) is 18.2 Å². The summed E-state index contributed by atoms with van der Waals surface area (Å²) in [5.41, 5.74) is 0.750. The first kappa shape index (κ1) is 13.3. The van der Waals surface area contributed by atoms with E-state index in [1.165, 1.54) is 6.07 Å². The molecule has 0 aromatic heterocycles. The number of nitrogens with one attached hydrogen (secondary N) is 1. The first-order valence-electron chi connectivity index (χ1n) is 6.42. The lowest BCUT2D eigenvalue weighted by molar-refractivity contribution is -0.121. The molecule has 0 heterocycles. The summed E-state index contributed by atoms with van der Waals surface area (Å²) >= 11 is 0. The highest BCUT2D eigenvalue weighted by Gasteiger charge is 2.16. The van der Waals surface area contributed by atoms with Gasteiger partial charge >= 0.3 is 5.97 Å². The Morgan fingerprint density at radius 3 is 2.74 bits per heavy atom. The molecule has 19 heavy (non-hydrogen) atoms. The fourth-order valence-corrected chi connectivity index (χ4v) is 2.26.